The minimum absolute atomic E-state index is 0.0607. The average Bonchev–Trinajstić information content (AvgIpc) is 2.91. The molecule has 4 nitrogen and oxygen atoms in total. The van der Waals surface area contributed by atoms with Crippen LogP contribution in [0.1, 0.15) is 10.9 Å². The van der Waals surface area contributed by atoms with E-state index >= 15 is 0 Å². The number of fused-ring (bicyclic) bond motifs is 1. The van der Waals surface area contributed by atoms with Gasteiger partial charge in [-0.05, 0) is 23.6 Å². The highest BCUT2D eigenvalue weighted by atomic mass is 32.1. The Morgan fingerprint density at radius 3 is 2.89 bits per heavy atom. The fourth-order valence-corrected chi connectivity index (χ4v) is 2.80. The molecule has 1 amide bonds. The molecule has 2 N–H and O–H groups in total. The Morgan fingerprint density at radius 2 is 2.17 bits per heavy atom. The maximum absolute atomic E-state index is 12.1. The van der Waals surface area contributed by atoms with Crippen LogP contribution in [0.4, 0.5) is 11.4 Å². The lowest BCUT2D eigenvalue weighted by atomic mass is 10.1. The van der Waals surface area contributed by atoms with Gasteiger partial charge in [0.05, 0.1) is 12.8 Å². The summed E-state index contributed by atoms with van der Waals surface area (Å²) in [7, 11) is 1.59. The molecule has 2 heterocycles. The lowest BCUT2D eigenvalue weighted by Gasteiger charge is -2.27. The third-order valence-electron chi connectivity index (χ3n) is 2.88. The van der Waals surface area contributed by atoms with Gasteiger partial charge in [-0.25, -0.2) is 0 Å². The van der Waals surface area contributed by atoms with Crippen molar-refractivity contribution in [2.45, 2.75) is 6.04 Å². The van der Waals surface area contributed by atoms with Crippen LogP contribution < -0.4 is 15.4 Å². The standard InChI is InChI=1S/C13H12N2O2S/c1-17-9-5-2-4-8-11(9)15-13(16)12(14-8)10-6-3-7-18-10/h2-7,12,14H,1H3,(H,15,16). The van der Waals surface area contributed by atoms with Gasteiger partial charge < -0.3 is 15.4 Å². The van der Waals surface area contributed by atoms with Gasteiger partial charge in [0, 0.05) is 4.88 Å². The molecule has 0 radical (unpaired) electrons. The van der Waals surface area contributed by atoms with Crippen molar-refractivity contribution in [2.24, 2.45) is 0 Å². The number of thiophene rings is 1. The number of carbonyl (C=O) groups is 1. The molecule has 5 heteroatoms. The molecule has 0 spiro atoms. The topological polar surface area (TPSA) is 50.4 Å². The second kappa shape index (κ2) is 4.34. The number of para-hydroxylation sites is 1. The lowest BCUT2D eigenvalue weighted by molar-refractivity contribution is -0.117. The molecule has 0 aliphatic carbocycles. The van der Waals surface area contributed by atoms with Crippen LogP contribution in [0.3, 0.4) is 0 Å². The summed E-state index contributed by atoms with van der Waals surface area (Å²) in [6.07, 6.45) is 0. The molecule has 1 aliphatic heterocycles. The molecule has 0 saturated heterocycles. The summed E-state index contributed by atoms with van der Waals surface area (Å²) in [4.78, 5) is 13.1. The third kappa shape index (κ3) is 1.73. The number of ether oxygens (including phenoxy) is 1. The summed E-state index contributed by atoms with van der Waals surface area (Å²) >= 11 is 1.56. The second-order valence-electron chi connectivity index (χ2n) is 3.96. The van der Waals surface area contributed by atoms with E-state index in [1.54, 1.807) is 18.4 Å². The minimum atomic E-state index is -0.329. The molecule has 92 valence electrons. The van der Waals surface area contributed by atoms with Gasteiger partial charge in [-0.2, -0.15) is 0 Å². The van der Waals surface area contributed by atoms with E-state index in [-0.39, 0.29) is 11.9 Å². The zero-order chi connectivity index (χ0) is 12.5. The van der Waals surface area contributed by atoms with E-state index in [0.717, 1.165) is 10.6 Å². The molecule has 1 aromatic carbocycles. The molecule has 1 aromatic heterocycles. The van der Waals surface area contributed by atoms with Gasteiger partial charge in [0.2, 0.25) is 0 Å². The van der Waals surface area contributed by atoms with Crippen molar-refractivity contribution in [3.8, 4) is 5.75 Å². The largest absolute Gasteiger partial charge is 0.494 e. The van der Waals surface area contributed by atoms with Crippen molar-refractivity contribution < 1.29 is 9.53 Å². The number of hydrogen-bond donors (Lipinski definition) is 2. The van der Waals surface area contributed by atoms with E-state index in [2.05, 4.69) is 10.6 Å². The van der Waals surface area contributed by atoms with Gasteiger partial charge in [-0.15, -0.1) is 11.3 Å². The van der Waals surface area contributed by atoms with Crippen LogP contribution in [0.2, 0.25) is 0 Å². The number of rotatable bonds is 2. The van der Waals surface area contributed by atoms with Crippen LogP contribution >= 0.6 is 11.3 Å². The molecule has 3 rings (SSSR count). The van der Waals surface area contributed by atoms with Crippen molar-refractivity contribution >= 4 is 28.6 Å². The monoisotopic (exact) mass is 260 g/mol. The first kappa shape index (κ1) is 11.1. The number of nitrogens with one attached hydrogen (secondary N) is 2. The van der Waals surface area contributed by atoms with Gasteiger partial charge in [0.25, 0.3) is 5.91 Å². The lowest BCUT2D eigenvalue weighted by Crippen LogP contribution is -2.31. The van der Waals surface area contributed by atoms with Gasteiger partial charge >= 0.3 is 0 Å². The summed E-state index contributed by atoms with van der Waals surface area (Å²) in [5, 5.41) is 8.10. The normalized spacial score (nSPS) is 17.6. The van der Waals surface area contributed by atoms with Gasteiger partial charge in [-0.1, -0.05) is 12.1 Å². The third-order valence-corrected chi connectivity index (χ3v) is 3.82. The molecule has 18 heavy (non-hydrogen) atoms. The highest BCUT2D eigenvalue weighted by molar-refractivity contribution is 7.10. The Morgan fingerprint density at radius 1 is 1.28 bits per heavy atom. The van der Waals surface area contributed by atoms with Crippen molar-refractivity contribution in [3.63, 3.8) is 0 Å². The Labute approximate surface area is 109 Å². The van der Waals surface area contributed by atoms with Crippen LogP contribution in [0.5, 0.6) is 5.75 Å². The van der Waals surface area contributed by atoms with E-state index in [4.69, 9.17) is 4.74 Å². The van der Waals surface area contributed by atoms with Crippen LogP contribution in [0.25, 0.3) is 0 Å². The summed E-state index contributed by atoms with van der Waals surface area (Å²) in [5.74, 6) is 0.604. The smallest absolute Gasteiger partial charge is 0.252 e. The second-order valence-corrected chi connectivity index (χ2v) is 4.94. The molecular weight excluding hydrogens is 248 g/mol. The zero-order valence-corrected chi connectivity index (χ0v) is 10.6. The molecule has 2 aromatic rings. The van der Waals surface area contributed by atoms with Gasteiger partial charge in [-0.3, -0.25) is 4.79 Å². The SMILES string of the molecule is COc1cccc2c1NC(=O)C(c1cccs1)N2. The summed E-state index contributed by atoms with van der Waals surface area (Å²) in [5.41, 5.74) is 1.59. The van der Waals surface area contributed by atoms with Gasteiger partial charge in [0.1, 0.15) is 17.5 Å². The average molecular weight is 260 g/mol. The van der Waals surface area contributed by atoms with E-state index in [0.29, 0.717) is 11.4 Å². The number of carbonyl (C=O) groups excluding carboxylic acids is 1. The summed E-state index contributed by atoms with van der Waals surface area (Å²) in [6.45, 7) is 0. The van der Waals surface area contributed by atoms with Crippen molar-refractivity contribution in [1.29, 1.82) is 0 Å². The highest BCUT2D eigenvalue weighted by Gasteiger charge is 2.29. The van der Waals surface area contributed by atoms with E-state index in [1.165, 1.54) is 0 Å². The minimum Gasteiger partial charge on any atom is -0.494 e. The maximum Gasteiger partial charge on any atom is 0.252 e. The fraction of sp³-hybridized carbons (Fsp3) is 0.154. The number of benzene rings is 1. The van der Waals surface area contributed by atoms with Gasteiger partial charge in [0.15, 0.2) is 0 Å². The predicted molar refractivity (Wildman–Crippen MR) is 72.3 cm³/mol. The molecule has 1 unspecified atom stereocenters. The van der Waals surface area contributed by atoms with E-state index in [1.807, 2.05) is 35.7 Å². The van der Waals surface area contributed by atoms with Crippen molar-refractivity contribution in [1.82, 2.24) is 0 Å². The predicted octanol–water partition coefficient (Wildman–Crippen LogP) is 2.86. The molecular formula is C13H12N2O2S. The summed E-state index contributed by atoms with van der Waals surface area (Å²) in [6, 6.07) is 9.21. The first-order chi connectivity index (χ1) is 8.79. The molecule has 0 saturated carbocycles. The number of anilines is 2. The number of methoxy groups -OCH3 is 1. The van der Waals surface area contributed by atoms with Crippen LogP contribution in [0.15, 0.2) is 35.7 Å². The first-order valence-electron chi connectivity index (χ1n) is 5.57. The van der Waals surface area contributed by atoms with Crippen molar-refractivity contribution in [3.05, 3.63) is 40.6 Å². The summed E-state index contributed by atoms with van der Waals surface area (Å²) < 4.78 is 5.23. The van der Waals surface area contributed by atoms with Crippen LogP contribution in [-0.4, -0.2) is 13.0 Å². The number of hydrogen-bond acceptors (Lipinski definition) is 4. The van der Waals surface area contributed by atoms with E-state index < -0.39 is 0 Å². The Balaban J connectivity index is 2.00. The van der Waals surface area contributed by atoms with Crippen molar-refractivity contribution in [2.75, 3.05) is 17.7 Å². The van der Waals surface area contributed by atoms with Crippen LogP contribution in [-0.2, 0) is 4.79 Å². The first-order valence-corrected chi connectivity index (χ1v) is 6.45. The molecule has 0 bridgehead atoms. The molecule has 1 aliphatic rings. The molecule has 1 atom stereocenters. The highest BCUT2D eigenvalue weighted by Crippen LogP contribution is 2.39. The van der Waals surface area contributed by atoms with Crippen LogP contribution in [0, 0.1) is 0 Å². The Kier molecular flexibility index (Phi) is 2.68. The zero-order valence-electron chi connectivity index (χ0n) is 9.77. The Bertz CT molecular complexity index is 581. The van der Waals surface area contributed by atoms with E-state index in [9.17, 15) is 4.79 Å². The maximum atomic E-state index is 12.1. The fourth-order valence-electron chi connectivity index (χ4n) is 2.02. The quantitative estimate of drug-likeness (QED) is 0.873. The number of amides is 1. The molecule has 0 fully saturated rings. The Hall–Kier alpha value is -2.01.